The van der Waals surface area contributed by atoms with Crippen molar-refractivity contribution in [1.82, 2.24) is 24.4 Å². The van der Waals surface area contributed by atoms with Crippen molar-refractivity contribution < 1.29 is 9.90 Å². The van der Waals surface area contributed by atoms with Gasteiger partial charge in [0.2, 0.25) is 5.88 Å². The maximum atomic E-state index is 13.0. The molecule has 2 N–H and O–H groups in total. The molecule has 1 saturated heterocycles. The van der Waals surface area contributed by atoms with Gasteiger partial charge in [0.25, 0.3) is 5.91 Å². The number of aromatic amines is 1. The number of carbonyl (C=O) groups is 1. The summed E-state index contributed by atoms with van der Waals surface area (Å²) < 4.78 is 1.27. The summed E-state index contributed by atoms with van der Waals surface area (Å²) in [5, 5.41) is 9.68. The third-order valence-electron chi connectivity index (χ3n) is 6.32. The molecule has 9 nitrogen and oxygen atoms in total. The van der Waals surface area contributed by atoms with E-state index in [1.54, 1.807) is 19.1 Å². The fraction of sp³-hybridized carbons (Fsp3) is 0.391. The number of nitrogens with zero attached hydrogens (tertiary/aromatic N) is 5. The van der Waals surface area contributed by atoms with E-state index in [1.165, 1.54) is 34.7 Å². The Morgan fingerprint density at radius 2 is 1.84 bits per heavy atom. The van der Waals surface area contributed by atoms with E-state index in [-0.39, 0.29) is 11.8 Å². The molecular weight excluding hydrogens is 408 g/mol. The first-order valence-corrected chi connectivity index (χ1v) is 10.9. The molecule has 2 aliphatic rings. The Morgan fingerprint density at radius 3 is 2.41 bits per heavy atom. The van der Waals surface area contributed by atoms with Crippen LogP contribution in [0, 0.1) is 13.8 Å². The number of nitrogens with one attached hydrogen (secondary N) is 1. The third kappa shape index (κ3) is 3.63. The van der Waals surface area contributed by atoms with Gasteiger partial charge in [0.15, 0.2) is 0 Å². The van der Waals surface area contributed by atoms with Gasteiger partial charge in [-0.3, -0.25) is 9.78 Å². The molecule has 0 bridgehead atoms. The quantitative estimate of drug-likeness (QED) is 0.651. The molecule has 9 heteroatoms. The van der Waals surface area contributed by atoms with E-state index in [0.717, 1.165) is 18.9 Å². The molecular formula is C23H26N6O3. The minimum absolute atomic E-state index is 0.0848. The van der Waals surface area contributed by atoms with Crippen LogP contribution < -0.4 is 10.6 Å². The molecule has 1 aliphatic carbocycles. The van der Waals surface area contributed by atoms with Gasteiger partial charge in [0.1, 0.15) is 11.6 Å². The smallest absolute Gasteiger partial charge is 0.334 e. The van der Waals surface area contributed by atoms with Crippen molar-refractivity contribution in [1.29, 1.82) is 0 Å². The van der Waals surface area contributed by atoms with E-state index >= 15 is 0 Å². The highest BCUT2D eigenvalue weighted by molar-refractivity contribution is 5.94. The molecule has 0 unspecified atom stereocenters. The molecule has 0 spiro atoms. The van der Waals surface area contributed by atoms with Crippen LogP contribution in [0.4, 0.5) is 5.82 Å². The largest absolute Gasteiger partial charge is 0.493 e. The van der Waals surface area contributed by atoms with Crippen molar-refractivity contribution >= 4 is 11.7 Å². The number of aromatic nitrogens is 4. The Morgan fingerprint density at radius 1 is 1.09 bits per heavy atom. The number of aromatic hydroxyl groups is 1. The van der Waals surface area contributed by atoms with Crippen molar-refractivity contribution in [3.8, 4) is 11.7 Å². The fourth-order valence-corrected chi connectivity index (χ4v) is 4.29. The second kappa shape index (κ2) is 7.81. The van der Waals surface area contributed by atoms with Crippen molar-refractivity contribution in [2.24, 2.45) is 0 Å². The highest BCUT2D eigenvalue weighted by atomic mass is 16.3. The highest BCUT2D eigenvalue weighted by Gasteiger charge is 2.27. The Bertz CT molecular complexity index is 1220. The summed E-state index contributed by atoms with van der Waals surface area (Å²) in [6, 6.07) is 5.52. The predicted molar refractivity (Wildman–Crippen MR) is 120 cm³/mol. The zero-order chi connectivity index (χ0) is 22.4. The molecule has 1 saturated carbocycles. The number of hydrogen-bond acceptors (Lipinski definition) is 6. The summed E-state index contributed by atoms with van der Waals surface area (Å²) in [7, 11) is 0. The Kier molecular flexibility index (Phi) is 4.96. The van der Waals surface area contributed by atoms with Gasteiger partial charge in [-0.05, 0) is 55.9 Å². The zero-order valence-corrected chi connectivity index (χ0v) is 18.2. The van der Waals surface area contributed by atoms with Crippen LogP contribution in [-0.4, -0.2) is 61.6 Å². The number of rotatable bonds is 4. The normalized spacial score (nSPS) is 16.4. The Hall–Kier alpha value is -3.62. The van der Waals surface area contributed by atoms with E-state index in [9.17, 15) is 14.7 Å². The van der Waals surface area contributed by atoms with Gasteiger partial charge < -0.3 is 14.9 Å². The average molecular weight is 435 g/mol. The molecule has 0 radical (unpaired) electrons. The van der Waals surface area contributed by atoms with Crippen molar-refractivity contribution in [2.45, 2.75) is 32.6 Å². The van der Waals surface area contributed by atoms with E-state index in [4.69, 9.17) is 4.98 Å². The maximum Gasteiger partial charge on any atom is 0.334 e. The standard InChI is InChI=1S/C23H26N6O3/c1-14-11-18(16-3-4-16)13-25-20(14)27-7-9-28(10-8-27)22(31)17-5-6-19(24-12-17)29-15(2)21(30)26-23(29)32/h5-6,11-13,16,30H,3-4,7-10H2,1-2H3,(H,26,32). The molecule has 2 fully saturated rings. The summed E-state index contributed by atoms with van der Waals surface area (Å²) in [5.41, 5.74) is 2.89. The van der Waals surface area contributed by atoms with Crippen LogP contribution in [0.2, 0.25) is 0 Å². The highest BCUT2D eigenvalue weighted by Crippen LogP contribution is 2.40. The number of piperazine rings is 1. The predicted octanol–water partition coefficient (Wildman–Crippen LogP) is 2.12. The Balaban J connectivity index is 1.25. The fourth-order valence-electron chi connectivity index (χ4n) is 4.29. The van der Waals surface area contributed by atoms with Gasteiger partial charge in [0.05, 0.1) is 11.3 Å². The molecule has 0 aromatic carbocycles. The number of carbonyl (C=O) groups excluding carboxylic acids is 1. The van der Waals surface area contributed by atoms with E-state index in [2.05, 4.69) is 27.9 Å². The second-order valence-corrected chi connectivity index (χ2v) is 8.57. The average Bonchev–Trinajstić information content (AvgIpc) is 3.61. The van der Waals surface area contributed by atoms with Gasteiger partial charge in [-0.1, -0.05) is 6.07 Å². The maximum absolute atomic E-state index is 13.0. The van der Waals surface area contributed by atoms with Crippen LogP contribution >= 0.6 is 0 Å². The summed E-state index contributed by atoms with van der Waals surface area (Å²) in [4.78, 5) is 40.3. The van der Waals surface area contributed by atoms with Crippen LogP contribution in [0.5, 0.6) is 5.88 Å². The minimum Gasteiger partial charge on any atom is -0.493 e. The number of imidazole rings is 1. The summed E-state index contributed by atoms with van der Waals surface area (Å²) in [6.07, 6.45) is 6.01. The molecule has 3 aromatic heterocycles. The van der Waals surface area contributed by atoms with Gasteiger partial charge in [-0.25, -0.2) is 19.3 Å². The first kappa shape index (κ1) is 20.3. The van der Waals surface area contributed by atoms with Crippen molar-refractivity contribution in [2.75, 3.05) is 31.1 Å². The lowest BCUT2D eigenvalue weighted by molar-refractivity contribution is 0.0746. The van der Waals surface area contributed by atoms with Gasteiger partial charge >= 0.3 is 5.69 Å². The first-order valence-electron chi connectivity index (χ1n) is 10.9. The van der Waals surface area contributed by atoms with Crippen LogP contribution in [0.1, 0.15) is 45.9 Å². The van der Waals surface area contributed by atoms with Gasteiger partial charge in [0, 0.05) is 38.6 Å². The van der Waals surface area contributed by atoms with Crippen LogP contribution in [0.3, 0.4) is 0 Å². The lowest BCUT2D eigenvalue weighted by atomic mass is 10.1. The number of anilines is 1. The minimum atomic E-state index is -0.475. The lowest BCUT2D eigenvalue weighted by Gasteiger charge is -2.36. The molecule has 32 heavy (non-hydrogen) atoms. The van der Waals surface area contributed by atoms with E-state index < -0.39 is 5.69 Å². The molecule has 5 rings (SSSR count). The van der Waals surface area contributed by atoms with Gasteiger partial charge in [-0.2, -0.15) is 0 Å². The third-order valence-corrected chi connectivity index (χ3v) is 6.32. The monoisotopic (exact) mass is 434 g/mol. The molecule has 4 heterocycles. The number of pyridine rings is 2. The van der Waals surface area contributed by atoms with Crippen LogP contribution in [0.15, 0.2) is 35.4 Å². The molecule has 0 atom stereocenters. The van der Waals surface area contributed by atoms with Crippen LogP contribution in [-0.2, 0) is 0 Å². The zero-order valence-electron chi connectivity index (χ0n) is 18.2. The molecule has 3 aromatic rings. The van der Waals surface area contributed by atoms with Crippen molar-refractivity contribution in [3.63, 3.8) is 0 Å². The van der Waals surface area contributed by atoms with Gasteiger partial charge in [-0.15, -0.1) is 0 Å². The number of H-pyrrole nitrogens is 1. The molecule has 166 valence electrons. The first-order chi connectivity index (χ1) is 15.4. The topological polar surface area (TPSA) is 107 Å². The number of hydrogen-bond donors (Lipinski definition) is 2. The number of amides is 1. The van der Waals surface area contributed by atoms with E-state index in [1.807, 2.05) is 11.1 Å². The molecule has 1 aliphatic heterocycles. The van der Waals surface area contributed by atoms with E-state index in [0.29, 0.717) is 36.1 Å². The SMILES string of the molecule is Cc1cc(C2CC2)cnc1N1CCN(C(=O)c2ccc(-n3c(C)c(O)[nH]c3=O)nc2)CC1. The Labute approximate surface area is 185 Å². The summed E-state index contributed by atoms with van der Waals surface area (Å²) >= 11 is 0. The molecule has 1 amide bonds. The second-order valence-electron chi connectivity index (χ2n) is 8.57. The van der Waals surface area contributed by atoms with Crippen molar-refractivity contribution in [3.05, 3.63) is 63.5 Å². The lowest BCUT2D eigenvalue weighted by Crippen LogP contribution is -2.49. The number of aryl methyl sites for hydroxylation is 1. The van der Waals surface area contributed by atoms with Crippen LogP contribution in [0.25, 0.3) is 5.82 Å². The summed E-state index contributed by atoms with van der Waals surface area (Å²) in [5.74, 6) is 1.76. The summed E-state index contributed by atoms with van der Waals surface area (Å²) in [6.45, 7) is 6.39.